The number of carbonyl (C=O) groups is 1. The molecular weight excluding hydrogens is 368 g/mol. The lowest BCUT2D eigenvalue weighted by Crippen LogP contribution is -2.48. The van der Waals surface area contributed by atoms with Crippen LogP contribution in [-0.2, 0) is 16.8 Å². The number of carbonyl (C=O) groups excluding carboxylic acids is 1. The molecule has 3 heterocycles. The van der Waals surface area contributed by atoms with Crippen molar-refractivity contribution in [2.45, 2.75) is 51.0 Å². The molecule has 0 unspecified atom stereocenters. The third-order valence-corrected chi connectivity index (χ3v) is 6.33. The van der Waals surface area contributed by atoms with Crippen LogP contribution in [0.15, 0.2) is 26.7 Å². The van der Waals surface area contributed by atoms with Gasteiger partial charge in [-0.3, -0.25) is 4.79 Å². The zero-order chi connectivity index (χ0) is 18.0. The molecule has 0 spiro atoms. The van der Waals surface area contributed by atoms with E-state index in [9.17, 15) is 4.79 Å². The van der Waals surface area contributed by atoms with Gasteiger partial charge in [-0.25, -0.2) is 4.98 Å². The van der Waals surface area contributed by atoms with Gasteiger partial charge in [0.2, 0.25) is 11.8 Å². The molecule has 3 aromatic rings. The van der Waals surface area contributed by atoms with E-state index in [1.165, 1.54) is 6.42 Å². The third kappa shape index (κ3) is 3.57. The van der Waals surface area contributed by atoms with E-state index in [2.05, 4.69) is 25.8 Å². The zero-order valence-electron chi connectivity index (χ0n) is 14.5. The van der Waals surface area contributed by atoms with Gasteiger partial charge < -0.3 is 9.84 Å². The minimum atomic E-state index is -0.515. The molecule has 6 nitrogen and oxygen atoms in total. The summed E-state index contributed by atoms with van der Waals surface area (Å²) in [7, 11) is 0. The molecule has 26 heavy (non-hydrogen) atoms. The summed E-state index contributed by atoms with van der Waals surface area (Å²) in [6.07, 6.45) is 5.22. The van der Waals surface area contributed by atoms with Gasteiger partial charge in [0.25, 0.3) is 0 Å². The van der Waals surface area contributed by atoms with Crippen molar-refractivity contribution >= 4 is 28.6 Å². The van der Waals surface area contributed by atoms with E-state index in [-0.39, 0.29) is 12.3 Å². The highest BCUT2D eigenvalue weighted by atomic mass is 32.1. The molecule has 0 saturated heterocycles. The number of hydrogen-bond donors (Lipinski definition) is 1. The number of amides is 1. The van der Waals surface area contributed by atoms with Crippen LogP contribution < -0.4 is 5.32 Å². The molecule has 8 heteroatoms. The fourth-order valence-corrected chi connectivity index (χ4v) is 4.97. The average molecular weight is 389 g/mol. The standard InChI is InChI=1S/C18H20N4O2S2/c1-12-19-17(22-24-12)18(6-3-2-4-7-18)21-15(23)9-14-11-26-16(20-14)13-5-8-25-10-13/h5,8,10-11H,2-4,6-7,9H2,1H3,(H,21,23). The predicted octanol–water partition coefficient (Wildman–Crippen LogP) is 4.08. The van der Waals surface area contributed by atoms with Crippen LogP contribution >= 0.6 is 22.7 Å². The molecule has 3 aromatic heterocycles. The molecule has 1 amide bonds. The number of nitrogens with zero attached hydrogens (tertiary/aromatic N) is 3. The van der Waals surface area contributed by atoms with E-state index in [1.807, 2.05) is 16.8 Å². The van der Waals surface area contributed by atoms with E-state index in [1.54, 1.807) is 29.6 Å². The maximum Gasteiger partial charge on any atom is 0.226 e. The molecule has 0 aliphatic heterocycles. The van der Waals surface area contributed by atoms with E-state index in [0.29, 0.717) is 11.7 Å². The molecule has 1 aliphatic rings. The van der Waals surface area contributed by atoms with Crippen molar-refractivity contribution in [3.05, 3.63) is 39.6 Å². The third-order valence-electron chi connectivity index (χ3n) is 4.70. The van der Waals surface area contributed by atoms with Crippen molar-refractivity contribution in [2.24, 2.45) is 0 Å². The van der Waals surface area contributed by atoms with Gasteiger partial charge in [0, 0.05) is 23.2 Å². The number of rotatable bonds is 5. The second-order valence-electron chi connectivity index (χ2n) is 6.66. The fourth-order valence-electron chi connectivity index (χ4n) is 3.44. The molecule has 1 N–H and O–H groups in total. The van der Waals surface area contributed by atoms with Crippen molar-refractivity contribution < 1.29 is 9.32 Å². The first-order valence-electron chi connectivity index (χ1n) is 8.73. The molecule has 1 saturated carbocycles. The number of hydrogen-bond acceptors (Lipinski definition) is 7. The molecule has 4 rings (SSSR count). The highest BCUT2D eigenvalue weighted by Crippen LogP contribution is 2.36. The van der Waals surface area contributed by atoms with E-state index in [4.69, 9.17) is 4.52 Å². The zero-order valence-corrected chi connectivity index (χ0v) is 16.2. The molecule has 0 atom stereocenters. The minimum Gasteiger partial charge on any atom is -0.343 e. The van der Waals surface area contributed by atoms with Crippen molar-refractivity contribution in [3.8, 4) is 10.6 Å². The lowest BCUT2D eigenvalue weighted by atomic mass is 9.81. The van der Waals surface area contributed by atoms with Gasteiger partial charge in [-0.05, 0) is 24.3 Å². The maximum absolute atomic E-state index is 12.7. The van der Waals surface area contributed by atoms with Gasteiger partial charge in [-0.1, -0.05) is 24.4 Å². The molecule has 0 bridgehead atoms. The summed E-state index contributed by atoms with van der Waals surface area (Å²) in [4.78, 5) is 21.7. The Labute approximate surface area is 159 Å². The highest BCUT2D eigenvalue weighted by molar-refractivity contribution is 7.14. The predicted molar refractivity (Wildman–Crippen MR) is 101 cm³/mol. The number of thiophene rings is 1. The Morgan fingerprint density at radius 3 is 2.81 bits per heavy atom. The summed E-state index contributed by atoms with van der Waals surface area (Å²) in [5.41, 5.74) is 1.39. The van der Waals surface area contributed by atoms with Crippen LogP contribution in [0.1, 0.15) is 49.5 Å². The van der Waals surface area contributed by atoms with Crippen LogP contribution in [-0.4, -0.2) is 21.0 Å². The second-order valence-corrected chi connectivity index (χ2v) is 8.30. The van der Waals surface area contributed by atoms with E-state index in [0.717, 1.165) is 41.9 Å². The number of thiazole rings is 1. The van der Waals surface area contributed by atoms with Gasteiger partial charge in [0.05, 0.1) is 12.1 Å². The van der Waals surface area contributed by atoms with E-state index >= 15 is 0 Å². The quantitative estimate of drug-likeness (QED) is 0.712. The van der Waals surface area contributed by atoms with Gasteiger partial charge >= 0.3 is 0 Å². The Bertz CT molecular complexity index is 879. The van der Waals surface area contributed by atoms with Gasteiger partial charge in [0.15, 0.2) is 5.82 Å². The summed E-state index contributed by atoms with van der Waals surface area (Å²) < 4.78 is 5.17. The smallest absolute Gasteiger partial charge is 0.226 e. The topological polar surface area (TPSA) is 80.9 Å². The van der Waals surface area contributed by atoms with Crippen LogP contribution in [0.4, 0.5) is 0 Å². The lowest BCUT2D eigenvalue weighted by Gasteiger charge is -2.35. The summed E-state index contributed by atoms with van der Waals surface area (Å²) >= 11 is 3.21. The molecule has 0 aromatic carbocycles. The first kappa shape index (κ1) is 17.4. The lowest BCUT2D eigenvalue weighted by molar-refractivity contribution is -0.123. The van der Waals surface area contributed by atoms with Crippen LogP contribution in [0.25, 0.3) is 10.6 Å². The van der Waals surface area contributed by atoms with Crippen molar-refractivity contribution in [2.75, 3.05) is 0 Å². The van der Waals surface area contributed by atoms with Crippen LogP contribution in [0, 0.1) is 6.92 Å². The summed E-state index contributed by atoms with van der Waals surface area (Å²) in [6.45, 7) is 1.77. The second kappa shape index (κ2) is 7.28. The first-order valence-corrected chi connectivity index (χ1v) is 10.6. The Hall–Kier alpha value is -2.06. The molecule has 0 radical (unpaired) electrons. The van der Waals surface area contributed by atoms with Crippen LogP contribution in [0.5, 0.6) is 0 Å². The van der Waals surface area contributed by atoms with Crippen molar-refractivity contribution in [1.29, 1.82) is 0 Å². The fraction of sp³-hybridized carbons (Fsp3) is 0.444. The van der Waals surface area contributed by atoms with Gasteiger partial charge in [-0.15, -0.1) is 11.3 Å². The SMILES string of the molecule is Cc1nc(C2(NC(=O)Cc3csc(-c4ccsc4)n3)CCCCC2)no1. The summed E-state index contributed by atoms with van der Waals surface area (Å²) in [5.74, 6) is 1.08. The highest BCUT2D eigenvalue weighted by Gasteiger charge is 2.39. The Kier molecular flexibility index (Phi) is 4.86. The first-order chi connectivity index (χ1) is 12.6. The Balaban J connectivity index is 1.48. The van der Waals surface area contributed by atoms with Crippen molar-refractivity contribution in [1.82, 2.24) is 20.4 Å². The molecule has 1 fully saturated rings. The number of nitrogens with one attached hydrogen (secondary N) is 1. The largest absolute Gasteiger partial charge is 0.343 e. The normalized spacial score (nSPS) is 16.5. The molecular formula is C18H20N4O2S2. The van der Waals surface area contributed by atoms with Crippen LogP contribution in [0.3, 0.4) is 0 Å². The summed E-state index contributed by atoms with van der Waals surface area (Å²) in [6, 6.07) is 2.04. The Morgan fingerprint density at radius 2 is 2.12 bits per heavy atom. The maximum atomic E-state index is 12.7. The number of aryl methyl sites for hydroxylation is 1. The number of aromatic nitrogens is 3. The summed E-state index contributed by atoms with van der Waals surface area (Å²) in [5, 5.41) is 14.3. The molecule has 1 aliphatic carbocycles. The average Bonchev–Trinajstić information content (AvgIpc) is 3.36. The molecule has 136 valence electrons. The van der Waals surface area contributed by atoms with Crippen LogP contribution in [0.2, 0.25) is 0 Å². The van der Waals surface area contributed by atoms with Gasteiger partial charge in [0.1, 0.15) is 10.5 Å². The Morgan fingerprint density at radius 1 is 1.27 bits per heavy atom. The minimum absolute atomic E-state index is 0.0449. The monoisotopic (exact) mass is 388 g/mol. The van der Waals surface area contributed by atoms with E-state index < -0.39 is 5.54 Å². The van der Waals surface area contributed by atoms with Crippen molar-refractivity contribution in [3.63, 3.8) is 0 Å². The van der Waals surface area contributed by atoms with Gasteiger partial charge in [-0.2, -0.15) is 16.3 Å².